The summed E-state index contributed by atoms with van der Waals surface area (Å²) in [7, 11) is 1.59. The number of benzene rings is 2. The Balaban J connectivity index is 1.64. The van der Waals surface area contributed by atoms with Crippen LogP contribution in [0.3, 0.4) is 0 Å². The van der Waals surface area contributed by atoms with E-state index < -0.39 is 17.7 Å². The van der Waals surface area contributed by atoms with Crippen molar-refractivity contribution in [1.82, 2.24) is 4.90 Å². The van der Waals surface area contributed by atoms with Crippen LogP contribution in [0.5, 0.6) is 11.5 Å². The van der Waals surface area contributed by atoms with Crippen molar-refractivity contribution in [3.05, 3.63) is 64.7 Å². The molecule has 33 heavy (non-hydrogen) atoms. The van der Waals surface area contributed by atoms with Crippen LogP contribution in [0.4, 0.5) is 0 Å². The van der Waals surface area contributed by atoms with E-state index >= 15 is 0 Å². The molecule has 5 rings (SSSR count). The zero-order chi connectivity index (χ0) is 22.9. The molecule has 0 radical (unpaired) electrons. The lowest BCUT2D eigenvalue weighted by Crippen LogP contribution is -2.40. The molecule has 1 amide bonds. The van der Waals surface area contributed by atoms with Gasteiger partial charge in [-0.1, -0.05) is 31.4 Å². The maximum Gasteiger partial charge on any atom is 0.295 e. The predicted molar refractivity (Wildman–Crippen MR) is 124 cm³/mol. The van der Waals surface area contributed by atoms with E-state index in [2.05, 4.69) is 0 Å². The van der Waals surface area contributed by atoms with E-state index in [4.69, 9.17) is 9.47 Å². The van der Waals surface area contributed by atoms with Crippen LogP contribution in [0.15, 0.2) is 48.0 Å². The number of aryl methyl sites for hydroxylation is 1. The van der Waals surface area contributed by atoms with Gasteiger partial charge in [0.1, 0.15) is 17.3 Å². The Morgan fingerprint density at radius 2 is 1.88 bits per heavy atom. The van der Waals surface area contributed by atoms with E-state index in [1.54, 1.807) is 18.1 Å². The zero-order valence-corrected chi connectivity index (χ0v) is 18.9. The van der Waals surface area contributed by atoms with E-state index in [0.29, 0.717) is 17.9 Å². The van der Waals surface area contributed by atoms with Gasteiger partial charge < -0.3 is 19.5 Å². The third kappa shape index (κ3) is 3.88. The number of aliphatic hydroxyl groups excluding tert-OH is 1. The number of carbonyl (C=O) groups is 2. The third-order valence-electron chi connectivity index (χ3n) is 7.04. The minimum absolute atomic E-state index is 0.0198. The van der Waals surface area contributed by atoms with Crippen LogP contribution >= 0.6 is 0 Å². The van der Waals surface area contributed by atoms with Crippen molar-refractivity contribution in [3.8, 4) is 11.5 Å². The monoisotopic (exact) mass is 447 g/mol. The highest BCUT2D eigenvalue weighted by Gasteiger charge is 2.49. The first-order valence-electron chi connectivity index (χ1n) is 11.8. The van der Waals surface area contributed by atoms with Gasteiger partial charge in [-0.05, 0) is 67.1 Å². The van der Waals surface area contributed by atoms with Gasteiger partial charge in [0.25, 0.3) is 11.7 Å². The first kappa shape index (κ1) is 21.6. The molecule has 1 unspecified atom stereocenters. The van der Waals surface area contributed by atoms with Gasteiger partial charge in [0.05, 0.1) is 25.3 Å². The van der Waals surface area contributed by atoms with Crippen LogP contribution in [-0.4, -0.2) is 41.5 Å². The molecule has 2 aromatic rings. The fourth-order valence-electron chi connectivity index (χ4n) is 5.39. The Morgan fingerprint density at radius 1 is 1.06 bits per heavy atom. The minimum atomic E-state index is -0.643. The summed E-state index contributed by atoms with van der Waals surface area (Å²) in [6.45, 7) is 0.681. The molecule has 3 aliphatic rings. The number of Topliss-reactive ketones (excluding diaryl/α,β-unsaturated/α-hetero) is 1. The van der Waals surface area contributed by atoms with Crippen molar-refractivity contribution in [2.24, 2.45) is 0 Å². The topological polar surface area (TPSA) is 76.1 Å². The fraction of sp³-hybridized carbons (Fsp3) is 0.407. The van der Waals surface area contributed by atoms with E-state index in [9.17, 15) is 14.7 Å². The number of aliphatic hydroxyl groups is 1. The van der Waals surface area contributed by atoms with Crippen molar-refractivity contribution in [2.45, 2.75) is 57.0 Å². The van der Waals surface area contributed by atoms with Gasteiger partial charge in [-0.3, -0.25) is 9.59 Å². The second-order valence-corrected chi connectivity index (χ2v) is 9.05. The molecule has 0 aromatic heterocycles. The number of ether oxygens (including phenoxy) is 2. The van der Waals surface area contributed by atoms with Gasteiger partial charge >= 0.3 is 0 Å². The molecule has 1 saturated heterocycles. The normalized spacial score (nSPS) is 22.7. The molecule has 172 valence electrons. The number of carbonyl (C=O) groups excluding carboxylic acids is 2. The largest absolute Gasteiger partial charge is 0.507 e. The van der Waals surface area contributed by atoms with Crippen molar-refractivity contribution in [2.75, 3.05) is 13.7 Å². The Bertz CT molecular complexity index is 1120. The maximum atomic E-state index is 13.3. The molecule has 2 heterocycles. The Labute approximate surface area is 193 Å². The summed E-state index contributed by atoms with van der Waals surface area (Å²) < 4.78 is 11.1. The summed E-state index contributed by atoms with van der Waals surface area (Å²) >= 11 is 0. The van der Waals surface area contributed by atoms with Crippen molar-refractivity contribution < 1.29 is 24.2 Å². The Hall–Kier alpha value is -3.28. The number of methoxy groups -OCH3 is 1. The van der Waals surface area contributed by atoms with Crippen molar-refractivity contribution in [3.63, 3.8) is 0 Å². The SMILES string of the molecule is COc1cccc(C2/C(=C(/O)c3ccc4c(c3)CCCO4)C(=O)C(=O)N2C2CCCCC2)c1. The van der Waals surface area contributed by atoms with Crippen LogP contribution in [-0.2, 0) is 16.0 Å². The van der Waals surface area contributed by atoms with E-state index in [0.717, 1.165) is 61.8 Å². The van der Waals surface area contributed by atoms with Gasteiger partial charge in [0.2, 0.25) is 0 Å². The standard InChI is InChI=1S/C27H29NO5/c1-32-21-11-5-7-18(16-21)24-23(26(30)27(31)28(24)20-9-3-2-4-10-20)25(29)19-12-13-22-17(15-19)8-6-14-33-22/h5,7,11-13,15-16,20,24,29H,2-4,6,8-10,14H2,1H3/b25-23-. The third-order valence-corrected chi connectivity index (χ3v) is 7.04. The summed E-state index contributed by atoms with van der Waals surface area (Å²) in [6, 6.07) is 12.2. The molecular weight excluding hydrogens is 418 g/mol. The highest BCUT2D eigenvalue weighted by Crippen LogP contribution is 2.44. The van der Waals surface area contributed by atoms with Crippen LogP contribution < -0.4 is 9.47 Å². The summed E-state index contributed by atoms with van der Waals surface area (Å²) in [4.78, 5) is 28.3. The lowest BCUT2D eigenvalue weighted by molar-refractivity contribution is -0.141. The van der Waals surface area contributed by atoms with Gasteiger partial charge in [-0.25, -0.2) is 0 Å². The van der Waals surface area contributed by atoms with Crippen LogP contribution in [0.25, 0.3) is 5.76 Å². The Morgan fingerprint density at radius 3 is 2.67 bits per heavy atom. The number of hydrogen-bond donors (Lipinski definition) is 1. The zero-order valence-electron chi connectivity index (χ0n) is 18.9. The van der Waals surface area contributed by atoms with Gasteiger partial charge in [-0.15, -0.1) is 0 Å². The number of likely N-dealkylation sites (tertiary alicyclic amines) is 1. The number of amides is 1. The Kier molecular flexibility index (Phi) is 5.83. The first-order chi connectivity index (χ1) is 16.1. The molecule has 1 N–H and O–H groups in total. The number of ketones is 1. The quantitative estimate of drug-likeness (QED) is 0.415. The van der Waals surface area contributed by atoms with Crippen molar-refractivity contribution in [1.29, 1.82) is 0 Å². The van der Waals surface area contributed by atoms with Gasteiger partial charge in [0, 0.05) is 11.6 Å². The molecule has 1 aliphatic carbocycles. The molecular formula is C27H29NO5. The summed E-state index contributed by atoms with van der Waals surface area (Å²) in [5, 5.41) is 11.4. The molecule has 1 atom stereocenters. The average Bonchev–Trinajstić information content (AvgIpc) is 3.14. The average molecular weight is 448 g/mol. The molecule has 2 aromatic carbocycles. The summed E-state index contributed by atoms with van der Waals surface area (Å²) in [5.41, 5.74) is 2.45. The first-order valence-corrected chi connectivity index (χ1v) is 11.8. The summed E-state index contributed by atoms with van der Waals surface area (Å²) in [5.74, 6) is 0.169. The minimum Gasteiger partial charge on any atom is -0.507 e. The number of fused-ring (bicyclic) bond motifs is 1. The molecule has 2 aliphatic heterocycles. The van der Waals surface area contributed by atoms with E-state index in [1.807, 2.05) is 36.4 Å². The van der Waals surface area contributed by atoms with Crippen LogP contribution in [0.2, 0.25) is 0 Å². The molecule has 0 bridgehead atoms. The predicted octanol–water partition coefficient (Wildman–Crippen LogP) is 4.77. The maximum absolute atomic E-state index is 13.3. The molecule has 0 spiro atoms. The van der Waals surface area contributed by atoms with Gasteiger partial charge in [-0.2, -0.15) is 0 Å². The van der Waals surface area contributed by atoms with E-state index in [-0.39, 0.29) is 17.4 Å². The van der Waals surface area contributed by atoms with Crippen molar-refractivity contribution >= 4 is 17.4 Å². The smallest absolute Gasteiger partial charge is 0.295 e. The molecule has 6 nitrogen and oxygen atoms in total. The van der Waals surface area contributed by atoms with Crippen LogP contribution in [0, 0.1) is 0 Å². The number of rotatable bonds is 4. The number of hydrogen-bond acceptors (Lipinski definition) is 5. The highest BCUT2D eigenvalue weighted by atomic mass is 16.5. The lowest BCUT2D eigenvalue weighted by Gasteiger charge is -2.35. The fourth-order valence-corrected chi connectivity index (χ4v) is 5.39. The van der Waals surface area contributed by atoms with E-state index in [1.165, 1.54) is 0 Å². The van der Waals surface area contributed by atoms with Gasteiger partial charge in [0.15, 0.2) is 0 Å². The summed E-state index contributed by atoms with van der Waals surface area (Å²) in [6.07, 6.45) is 6.70. The second kappa shape index (κ2) is 8.93. The highest BCUT2D eigenvalue weighted by molar-refractivity contribution is 6.46. The number of nitrogens with zero attached hydrogens (tertiary/aromatic N) is 1. The molecule has 1 saturated carbocycles. The molecule has 6 heteroatoms. The van der Waals surface area contributed by atoms with Crippen LogP contribution in [0.1, 0.15) is 61.3 Å². The second-order valence-electron chi connectivity index (χ2n) is 9.05. The molecule has 2 fully saturated rings. The lowest BCUT2D eigenvalue weighted by atomic mass is 9.90.